The molecule has 1 atom stereocenters. The molecule has 3 aromatic rings. The van der Waals surface area contributed by atoms with Gasteiger partial charge in [0.1, 0.15) is 23.3 Å². The number of ether oxygens (including phenoxy) is 1. The molecule has 1 aliphatic rings. The van der Waals surface area contributed by atoms with Gasteiger partial charge in [-0.3, -0.25) is 9.59 Å². The third-order valence-corrected chi connectivity index (χ3v) is 5.59. The number of amides is 1. The second-order valence-electron chi connectivity index (χ2n) is 7.03. The number of aliphatic hydroxyl groups is 1. The van der Waals surface area contributed by atoms with Crippen LogP contribution in [0.4, 0.5) is 0 Å². The van der Waals surface area contributed by atoms with Crippen molar-refractivity contribution in [2.45, 2.75) is 19.5 Å². The van der Waals surface area contributed by atoms with Crippen LogP contribution in [-0.2, 0) is 16.1 Å². The summed E-state index contributed by atoms with van der Waals surface area (Å²) in [5, 5.41) is 11.0. The number of aliphatic hydroxyl groups excluding tert-OH is 1. The second-order valence-corrected chi connectivity index (χ2v) is 7.94. The van der Waals surface area contributed by atoms with Crippen molar-refractivity contribution in [2.75, 3.05) is 6.61 Å². The highest BCUT2D eigenvalue weighted by molar-refractivity contribution is 9.10. The Morgan fingerprint density at radius 3 is 2.42 bits per heavy atom. The van der Waals surface area contributed by atoms with Crippen LogP contribution in [-0.4, -0.2) is 28.3 Å². The SMILES string of the molecule is CCOc1ccc(CN2C(=O)C(=O)/C(=C(\O)c3ccc(Br)cc3)C2c2ccco2)cc1. The molecule has 0 aliphatic carbocycles. The van der Waals surface area contributed by atoms with E-state index in [0.29, 0.717) is 17.9 Å². The van der Waals surface area contributed by atoms with Crippen LogP contribution in [0, 0.1) is 0 Å². The van der Waals surface area contributed by atoms with Crippen LogP contribution < -0.4 is 4.74 Å². The first kappa shape index (κ1) is 20.9. The van der Waals surface area contributed by atoms with Crippen LogP contribution in [0.2, 0.25) is 0 Å². The van der Waals surface area contributed by atoms with Gasteiger partial charge in [-0.15, -0.1) is 0 Å². The van der Waals surface area contributed by atoms with Crippen molar-refractivity contribution in [3.8, 4) is 5.75 Å². The summed E-state index contributed by atoms with van der Waals surface area (Å²) in [5.41, 5.74) is 1.28. The van der Waals surface area contributed by atoms with Gasteiger partial charge in [-0.05, 0) is 48.9 Å². The van der Waals surface area contributed by atoms with Gasteiger partial charge in [0.2, 0.25) is 0 Å². The number of furan rings is 1. The zero-order valence-electron chi connectivity index (χ0n) is 16.7. The van der Waals surface area contributed by atoms with Crippen molar-refractivity contribution >= 4 is 33.4 Å². The van der Waals surface area contributed by atoms with E-state index in [1.807, 2.05) is 31.2 Å². The number of hydrogen-bond donors (Lipinski definition) is 1. The lowest BCUT2D eigenvalue weighted by molar-refractivity contribution is -0.140. The van der Waals surface area contributed by atoms with Crippen molar-refractivity contribution in [1.29, 1.82) is 0 Å². The molecule has 1 aromatic heterocycles. The van der Waals surface area contributed by atoms with Crippen molar-refractivity contribution < 1.29 is 23.8 Å². The number of hydrogen-bond acceptors (Lipinski definition) is 5. The van der Waals surface area contributed by atoms with Crippen LogP contribution in [0.15, 0.2) is 81.4 Å². The number of halogens is 1. The highest BCUT2D eigenvalue weighted by Crippen LogP contribution is 2.40. The van der Waals surface area contributed by atoms with Crippen LogP contribution >= 0.6 is 15.9 Å². The summed E-state index contributed by atoms with van der Waals surface area (Å²) in [7, 11) is 0. The number of carbonyl (C=O) groups excluding carboxylic acids is 2. The first-order valence-corrected chi connectivity index (χ1v) is 10.6. The van der Waals surface area contributed by atoms with E-state index in [2.05, 4.69) is 15.9 Å². The van der Waals surface area contributed by atoms with E-state index in [1.54, 1.807) is 36.4 Å². The minimum Gasteiger partial charge on any atom is -0.507 e. The van der Waals surface area contributed by atoms with Gasteiger partial charge in [-0.25, -0.2) is 0 Å². The zero-order valence-corrected chi connectivity index (χ0v) is 18.3. The van der Waals surface area contributed by atoms with E-state index >= 15 is 0 Å². The number of benzene rings is 2. The molecule has 158 valence electrons. The predicted octanol–water partition coefficient (Wildman–Crippen LogP) is 5.06. The minimum atomic E-state index is -0.829. The molecule has 1 N–H and O–H groups in total. The monoisotopic (exact) mass is 481 g/mol. The molecule has 1 unspecified atom stereocenters. The summed E-state index contributed by atoms with van der Waals surface area (Å²) in [6.07, 6.45) is 1.48. The second kappa shape index (κ2) is 8.81. The van der Waals surface area contributed by atoms with Crippen LogP contribution in [0.25, 0.3) is 5.76 Å². The average molecular weight is 482 g/mol. The van der Waals surface area contributed by atoms with Crippen LogP contribution in [0.5, 0.6) is 5.75 Å². The summed E-state index contributed by atoms with van der Waals surface area (Å²) in [6, 6.07) is 16.7. The number of carbonyl (C=O) groups is 2. The molecule has 0 spiro atoms. The van der Waals surface area contributed by atoms with Crippen molar-refractivity contribution in [2.24, 2.45) is 0 Å². The Morgan fingerprint density at radius 1 is 1.10 bits per heavy atom. The molecule has 6 nitrogen and oxygen atoms in total. The summed E-state index contributed by atoms with van der Waals surface area (Å²) in [5.74, 6) is -0.530. The molecule has 2 heterocycles. The lowest BCUT2D eigenvalue weighted by atomic mass is 9.99. The van der Waals surface area contributed by atoms with E-state index in [-0.39, 0.29) is 17.9 Å². The first-order chi connectivity index (χ1) is 15.0. The fraction of sp³-hybridized carbons (Fsp3) is 0.167. The van der Waals surface area contributed by atoms with Crippen molar-refractivity contribution in [3.05, 3.63) is 93.9 Å². The Morgan fingerprint density at radius 2 is 1.81 bits per heavy atom. The van der Waals surface area contributed by atoms with E-state index < -0.39 is 17.7 Å². The quantitative estimate of drug-likeness (QED) is 0.302. The Hall–Kier alpha value is -3.32. The summed E-state index contributed by atoms with van der Waals surface area (Å²) in [4.78, 5) is 27.3. The lowest BCUT2D eigenvalue weighted by Gasteiger charge is -2.23. The minimum absolute atomic E-state index is 0.00760. The maximum atomic E-state index is 13.0. The molecule has 7 heteroatoms. The maximum absolute atomic E-state index is 13.0. The van der Waals surface area contributed by atoms with Crippen molar-refractivity contribution in [1.82, 2.24) is 4.90 Å². The number of nitrogens with zero attached hydrogens (tertiary/aromatic N) is 1. The van der Waals surface area contributed by atoms with Gasteiger partial charge in [-0.1, -0.05) is 40.2 Å². The highest BCUT2D eigenvalue weighted by Gasteiger charge is 2.47. The number of likely N-dealkylation sites (tertiary alicyclic amines) is 1. The molecule has 0 saturated carbocycles. The Balaban J connectivity index is 1.75. The lowest BCUT2D eigenvalue weighted by Crippen LogP contribution is -2.29. The number of rotatable bonds is 6. The summed E-state index contributed by atoms with van der Waals surface area (Å²) in [6.45, 7) is 2.64. The average Bonchev–Trinajstić information content (AvgIpc) is 3.38. The van der Waals surface area contributed by atoms with E-state index in [1.165, 1.54) is 11.2 Å². The largest absolute Gasteiger partial charge is 0.507 e. The fourth-order valence-electron chi connectivity index (χ4n) is 3.60. The van der Waals surface area contributed by atoms with Gasteiger partial charge in [-0.2, -0.15) is 0 Å². The van der Waals surface area contributed by atoms with Gasteiger partial charge in [0.25, 0.3) is 11.7 Å². The van der Waals surface area contributed by atoms with E-state index in [9.17, 15) is 14.7 Å². The van der Waals surface area contributed by atoms with Crippen molar-refractivity contribution in [3.63, 3.8) is 0 Å². The van der Waals surface area contributed by atoms with Gasteiger partial charge < -0.3 is 19.2 Å². The molecular weight excluding hydrogens is 462 g/mol. The maximum Gasteiger partial charge on any atom is 0.296 e. The zero-order chi connectivity index (χ0) is 22.0. The fourth-order valence-corrected chi connectivity index (χ4v) is 3.87. The summed E-state index contributed by atoms with van der Waals surface area (Å²) < 4.78 is 11.8. The molecule has 0 bridgehead atoms. The molecule has 2 aromatic carbocycles. The Kier molecular flexibility index (Phi) is 5.95. The Labute approximate surface area is 187 Å². The molecule has 1 aliphatic heterocycles. The van der Waals surface area contributed by atoms with Gasteiger partial charge in [0.05, 0.1) is 18.4 Å². The highest BCUT2D eigenvalue weighted by atomic mass is 79.9. The summed E-state index contributed by atoms with van der Waals surface area (Å²) >= 11 is 3.35. The normalized spacial score (nSPS) is 17.9. The first-order valence-electron chi connectivity index (χ1n) is 9.79. The third-order valence-electron chi connectivity index (χ3n) is 5.06. The molecule has 1 fully saturated rings. The van der Waals surface area contributed by atoms with Gasteiger partial charge in [0.15, 0.2) is 0 Å². The molecule has 4 rings (SSSR count). The number of Topliss-reactive ketones (excluding diaryl/α,β-unsaturated/α-hetero) is 1. The molecular formula is C24H20BrNO5. The smallest absolute Gasteiger partial charge is 0.296 e. The van der Waals surface area contributed by atoms with Gasteiger partial charge >= 0.3 is 0 Å². The molecule has 0 radical (unpaired) electrons. The molecule has 1 saturated heterocycles. The van der Waals surface area contributed by atoms with Gasteiger partial charge in [0, 0.05) is 16.6 Å². The number of ketones is 1. The van der Waals surface area contributed by atoms with Crippen LogP contribution in [0.3, 0.4) is 0 Å². The predicted molar refractivity (Wildman–Crippen MR) is 118 cm³/mol. The van der Waals surface area contributed by atoms with E-state index in [0.717, 1.165) is 15.8 Å². The van der Waals surface area contributed by atoms with E-state index in [4.69, 9.17) is 9.15 Å². The molecule has 1 amide bonds. The van der Waals surface area contributed by atoms with Crippen LogP contribution in [0.1, 0.15) is 29.9 Å². The molecule has 31 heavy (non-hydrogen) atoms. The third kappa shape index (κ3) is 4.14. The topological polar surface area (TPSA) is 80.0 Å². The standard InChI is InChI=1S/C24H20BrNO5/c1-2-30-18-11-5-15(6-12-18)14-26-21(19-4-3-13-31-19)20(23(28)24(26)29)22(27)16-7-9-17(25)10-8-16/h3-13,21,27H,2,14H2,1H3/b22-20-. The Bertz CT molecular complexity index is 1120.